The zero-order valence-electron chi connectivity index (χ0n) is 20.3. The third-order valence-electron chi connectivity index (χ3n) is 7.12. The van der Waals surface area contributed by atoms with E-state index in [4.69, 9.17) is 0 Å². The van der Waals surface area contributed by atoms with E-state index in [0.29, 0.717) is 44.7 Å². The molecule has 0 saturated carbocycles. The minimum atomic E-state index is -0.577. The van der Waals surface area contributed by atoms with Gasteiger partial charge in [0.05, 0.1) is 23.8 Å². The SMILES string of the molecule is Cn1cncc1C(=O)N1CCCN(C(=O)c2cc(Cc3n[nH]c(=O)c4c3CCCC4)ccc2F)CC1. The number of rotatable bonds is 4. The summed E-state index contributed by atoms with van der Waals surface area (Å²) in [6, 6.07) is 4.56. The van der Waals surface area contributed by atoms with Gasteiger partial charge in [0.25, 0.3) is 17.4 Å². The number of carbonyl (C=O) groups is 2. The van der Waals surface area contributed by atoms with Gasteiger partial charge in [0.2, 0.25) is 0 Å². The molecule has 188 valence electrons. The number of halogens is 1. The van der Waals surface area contributed by atoms with E-state index in [0.717, 1.165) is 48.1 Å². The highest BCUT2D eigenvalue weighted by Gasteiger charge is 2.26. The monoisotopic (exact) mass is 492 g/mol. The average Bonchev–Trinajstić information content (AvgIpc) is 3.17. The fourth-order valence-corrected chi connectivity index (χ4v) is 5.13. The largest absolute Gasteiger partial charge is 0.337 e. The molecule has 0 bridgehead atoms. The van der Waals surface area contributed by atoms with Gasteiger partial charge in [0, 0.05) is 45.2 Å². The number of carbonyl (C=O) groups excluding carboxylic acids is 2. The first kappa shape index (κ1) is 23.9. The van der Waals surface area contributed by atoms with Crippen molar-refractivity contribution in [3.8, 4) is 0 Å². The number of hydrogen-bond donors (Lipinski definition) is 1. The summed E-state index contributed by atoms with van der Waals surface area (Å²) in [6.07, 6.45) is 7.65. The first-order valence-corrected chi connectivity index (χ1v) is 12.3. The summed E-state index contributed by atoms with van der Waals surface area (Å²) < 4.78 is 16.5. The van der Waals surface area contributed by atoms with E-state index in [1.165, 1.54) is 12.3 Å². The summed E-state index contributed by atoms with van der Waals surface area (Å²) in [5.41, 5.74) is 3.67. The molecule has 0 atom stereocenters. The summed E-state index contributed by atoms with van der Waals surface area (Å²) in [5.74, 6) is -1.10. The molecule has 9 nitrogen and oxygen atoms in total. The van der Waals surface area contributed by atoms with Crippen molar-refractivity contribution in [2.75, 3.05) is 26.2 Å². The molecule has 0 spiro atoms. The highest BCUT2D eigenvalue weighted by atomic mass is 19.1. The van der Waals surface area contributed by atoms with Crippen LogP contribution in [0.3, 0.4) is 0 Å². The fraction of sp³-hybridized carbons (Fsp3) is 0.423. The summed E-state index contributed by atoms with van der Waals surface area (Å²) >= 11 is 0. The Morgan fingerprint density at radius 1 is 1.00 bits per heavy atom. The van der Waals surface area contributed by atoms with E-state index in [1.54, 1.807) is 39.9 Å². The molecule has 0 unspecified atom stereocenters. The predicted molar refractivity (Wildman–Crippen MR) is 130 cm³/mol. The van der Waals surface area contributed by atoms with Crippen LogP contribution >= 0.6 is 0 Å². The lowest BCUT2D eigenvalue weighted by molar-refractivity contribution is 0.0711. The van der Waals surface area contributed by atoms with Crippen molar-refractivity contribution in [3.05, 3.63) is 80.5 Å². The van der Waals surface area contributed by atoms with E-state index in [-0.39, 0.29) is 22.9 Å². The molecule has 1 fully saturated rings. The number of amides is 2. The number of aromatic nitrogens is 4. The number of aromatic amines is 1. The van der Waals surface area contributed by atoms with Crippen LogP contribution in [0.4, 0.5) is 4.39 Å². The third-order valence-corrected chi connectivity index (χ3v) is 7.12. The molecular weight excluding hydrogens is 463 g/mol. The van der Waals surface area contributed by atoms with Gasteiger partial charge < -0.3 is 14.4 Å². The van der Waals surface area contributed by atoms with Gasteiger partial charge in [0.1, 0.15) is 11.5 Å². The van der Waals surface area contributed by atoms with Gasteiger partial charge >= 0.3 is 0 Å². The number of benzene rings is 1. The minimum Gasteiger partial charge on any atom is -0.337 e. The van der Waals surface area contributed by atoms with Crippen molar-refractivity contribution in [1.29, 1.82) is 0 Å². The molecule has 2 aliphatic rings. The smallest absolute Gasteiger partial charge is 0.272 e. The van der Waals surface area contributed by atoms with E-state index in [1.807, 2.05) is 0 Å². The number of nitrogens with one attached hydrogen (secondary N) is 1. The summed E-state index contributed by atoms with van der Waals surface area (Å²) in [7, 11) is 1.77. The summed E-state index contributed by atoms with van der Waals surface area (Å²) in [4.78, 5) is 45.7. The highest BCUT2D eigenvalue weighted by molar-refractivity contribution is 5.95. The number of aryl methyl sites for hydroxylation is 1. The van der Waals surface area contributed by atoms with Crippen LogP contribution < -0.4 is 5.56 Å². The second-order valence-electron chi connectivity index (χ2n) is 9.48. The molecule has 1 aliphatic carbocycles. The van der Waals surface area contributed by atoms with Crippen LogP contribution in [-0.2, 0) is 26.3 Å². The summed E-state index contributed by atoms with van der Waals surface area (Å²) in [5, 5.41) is 6.86. The van der Waals surface area contributed by atoms with Crippen molar-refractivity contribution in [2.45, 2.75) is 38.5 Å². The van der Waals surface area contributed by atoms with Gasteiger partial charge in [-0.3, -0.25) is 14.4 Å². The van der Waals surface area contributed by atoms with Gasteiger partial charge in [0.15, 0.2) is 0 Å². The Labute approximate surface area is 207 Å². The topological polar surface area (TPSA) is 104 Å². The standard InChI is InChI=1S/C26H29FN6O3/c1-31-16-28-15-23(31)26(36)33-10-4-9-32(11-12-33)25(35)20-13-17(7-8-21(20)27)14-22-18-5-2-3-6-19(18)24(34)30-29-22/h7-8,13,15-16H,2-6,9-12,14H2,1H3,(H,30,34). The number of nitrogens with zero attached hydrogens (tertiary/aromatic N) is 5. The Kier molecular flexibility index (Phi) is 6.67. The Bertz CT molecular complexity index is 1360. The van der Waals surface area contributed by atoms with Gasteiger partial charge in [-0.1, -0.05) is 6.07 Å². The molecular formula is C26H29FN6O3. The molecule has 1 N–H and O–H groups in total. The van der Waals surface area contributed by atoms with Gasteiger partial charge in [-0.25, -0.2) is 14.5 Å². The van der Waals surface area contributed by atoms with Crippen LogP contribution in [0.15, 0.2) is 35.5 Å². The summed E-state index contributed by atoms with van der Waals surface area (Å²) in [6.45, 7) is 1.64. The first-order chi connectivity index (χ1) is 17.4. The van der Waals surface area contributed by atoms with Crippen LogP contribution in [0.2, 0.25) is 0 Å². The second-order valence-corrected chi connectivity index (χ2v) is 9.48. The maximum absolute atomic E-state index is 14.8. The molecule has 2 amide bonds. The zero-order valence-corrected chi connectivity index (χ0v) is 20.3. The second kappa shape index (κ2) is 10.0. The molecule has 1 aromatic carbocycles. The number of fused-ring (bicyclic) bond motifs is 1. The lowest BCUT2D eigenvalue weighted by Gasteiger charge is -2.23. The van der Waals surface area contributed by atoms with Gasteiger partial charge in [-0.2, -0.15) is 5.10 Å². The predicted octanol–water partition coefficient (Wildman–Crippen LogP) is 2.10. The Morgan fingerprint density at radius 2 is 1.72 bits per heavy atom. The molecule has 0 radical (unpaired) electrons. The van der Waals surface area contributed by atoms with E-state index >= 15 is 0 Å². The highest BCUT2D eigenvalue weighted by Crippen LogP contribution is 2.23. The van der Waals surface area contributed by atoms with Crippen LogP contribution in [0, 0.1) is 5.82 Å². The maximum atomic E-state index is 14.8. The first-order valence-electron chi connectivity index (χ1n) is 12.3. The molecule has 1 aliphatic heterocycles. The molecule has 1 saturated heterocycles. The van der Waals surface area contributed by atoms with Crippen molar-refractivity contribution in [2.24, 2.45) is 7.05 Å². The minimum absolute atomic E-state index is 0.0113. The fourth-order valence-electron chi connectivity index (χ4n) is 5.13. The molecule has 5 rings (SSSR count). The molecule has 36 heavy (non-hydrogen) atoms. The van der Waals surface area contributed by atoms with Crippen LogP contribution in [-0.4, -0.2) is 67.5 Å². The molecule has 2 aromatic heterocycles. The lowest BCUT2D eigenvalue weighted by Crippen LogP contribution is -2.38. The number of H-pyrrole nitrogens is 1. The van der Waals surface area contributed by atoms with Crippen molar-refractivity contribution >= 4 is 11.8 Å². The number of hydrogen-bond acceptors (Lipinski definition) is 5. The zero-order chi connectivity index (χ0) is 25.2. The average molecular weight is 493 g/mol. The molecule has 3 heterocycles. The quantitative estimate of drug-likeness (QED) is 0.601. The van der Waals surface area contributed by atoms with E-state index < -0.39 is 5.82 Å². The van der Waals surface area contributed by atoms with Crippen LogP contribution in [0.25, 0.3) is 0 Å². The van der Waals surface area contributed by atoms with Gasteiger partial charge in [-0.05, 0) is 55.4 Å². The van der Waals surface area contributed by atoms with E-state index in [9.17, 15) is 18.8 Å². The van der Waals surface area contributed by atoms with Gasteiger partial charge in [-0.15, -0.1) is 0 Å². The maximum Gasteiger partial charge on any atom is 0.272 e. The Hall–Kier alpha value is -3.82. The normalized spacial score (nSPS) is 15.9. The lowest BCUT2D eigenvalue weighted by atomic mass is 9.90. The Balaban J connectivity index is 1.32. The van der Waals surface area contributed by atoms with Crippen LogP contribution in [0.5, 0.6) is 0 Å². The number of imidazole rings is 1. The Morgan fingerprint density at radius 3 is 2.44 bits per heavy atom. The van der Waals surface area contributed by atoms with E-state index in [2.05, 4.69) is 15.2 Å². The van der Waals surface area contributed by atoms with Crippen molar-refractivity contribution in [1.82, 2.24) is 29.5 Å². The van der Waals surface area contributed by atoms with Crippen LogP contribution in [0.1, 0.15) is 62.5 Å². The van der Waals surface area contributed by atoms with Crippen molar-refractivity contribution in [3.63, 3.8) is 0 Å². The van der Waals surface area contributed by atoms with Crippen molar-refractivity contribution < 1.29 is 14.0 Å². The molecule has 10 heteroatoms. The molecule has 3 aromatic rings. The third kappa shape index (κ3) is 4.67.